The molecule has 4 nitrogen and oxygen atoms in total. The van der Waals surface area contributed by atoms with Crippen molar-refractivity contribution in [2.75, 3.05) is 6.54 Å². The van der Waals surface area contributed by atoms with E-state index in [9.17, 15) is 9.90 Å². The number of hydrogen-bond donors (Lipinski definition) is 1. The van der Waals surface area contributed by atoms with E-state index in [0.29, 0.717) is 24.4 Å². The van der Waals surface area contributed by atoms with Crippen molar-refractivity contribution in [1.82, 2.24) is 4.90 Å². The fraction of sp³-hybridized carbons (Fsp3) is 0.615. The molecule has 1 aromatic heterocycles. The molecule has 2 aliphatic rings. The van der Waals surface area contributed by atoms with Gasteiger partial charge in [-0.25, -0.2) is 0 Å². The van der Waals surface area contributed by atoms with Gasteiger partial charge in [-0.1, -0.05) is 0 Å². The average Bonchev–Trinajstić information content (AvgIpc) is 2.88. The number of hydrogen-bond acceptors (Lipinski definition) is 4. The van der Waals surface area contributed by atoms with Crippen LogP contribution in [0.1, 0.15) is 36.2 Å². The zero-order valence-corrected chi connectivity index (χ0v) is 9.71. The van der Waals surface area contributed by atoms with Gasteiger partial charge in [0.05, 0.1) is 18.9 Å². The number of ketones is 1. The fourth-order valence-corrected chi connectivity index (χ4v) is 3.18. The Balaban J connectivity index is 1.68. The van der Waals surface area contributed by atoms with Gasteiger partial charge in [0.15, 0.2) is 5.76 Å². The van der Waals surface area contributed by atoms with E-state index in [1.807, 2.05) is 0 Å². The molecule has 17 heavy (non-hydrogen) atoms. The first kappa shape index (κ1) is 11.0. The molecule has 4 heteroatoms. The number of rotatable bonds is 3. The number of carbonyl (C=O) groups excluding carboxylic acids is 1. The molecule has 1 aromatic rings. The Labute approximate surface area is 100 Å². The molecular weight excluding hydrogens is 218 g/mol. The highest BCUT2D eigenvalue weighted by Crippen LogP contribution is 2.35. The largest absolute Gasteiger partial charge is 0.461 e. The number of nitrogens with zero attached hydrogens (tertiary/aromatic N) is 1. The molecule has 3 heterocycles. The Hall–Kier alpha value is -1.13. The van der Waals surface area contributed by atoms with Crippen LogP contribution in [0.5, 0.6) is 0 Å². The van der Waals surface area contributed by atoms with Crippen molar-refractivity contribution in [3.05, 3.63) is 24.2 Å². The first-order chi connectivity index (χ1) is 8.24. The Kier molecular flexibility index (Phi) is 2.76. The van der Waals surface area contributed by atoms with Gasteiger partial charge in [-0.3, -0.25) is 9.69 Å². The van der Waals surface area contributed by atoms with Crippen LogP contribution in [0.3, 0.4) is 0 Å². The summed E-state index contributed by atoms with van der Waals surface area (Å²) in [5, 5.41) is 9.70. The quantitative estimate of drug-likeness (QED) is 0.806. The van der Waals surface area contributed by atoms with E-state index in [2.05, 4.69) is 4.90 Å². The van der Waals surface area contributed by atoms with Crippen LogP contribution >= 0.6 is 0 Å². The van der Waals surface area contributed by atoms with Crippen molar-refractivity contribution in [2.45, 2.75) is 43.9 Å². The highest BCUT2D eigenvalue weighted by molar-refractivity contribution is 5.95. The lowest BCUT2D eigenvalue weighted by Gasteiger charge is -2.36. The molecule has 0 saturated carbocycles. The van der Waals surface area contributed by atoms with Gasteiger partial charge >= 0.3 is 0 Å². The zero-order chi connectivity index (χ0) is 11.8. The minimum Gasteiger partial charge on any atom is -0.461 e. The van der Waals surface area contributed by atoms with Crippen LogP contribution in [0.25, 0.3) is 0 Å². The molecule has 0 aliphatic carbocycles. The van der Waals surface area contributed by atoms with E-state index in [1.54, 1.807) is 12.1 Å². The van der Waals surface area contributed by atoms with Gasteiger partial charge in [-0.15, -0.1) is 0 Å². The molecule has 3 rings (SSSR count). The highest BCUT2D eigenvalue weighted by Gasteiger charge is 2.40. The second kappa shape index (κ2) is 4.27. The average molecular weight is 235 g/mol. The van der Waals surface area contributed by atoms with Crippen molar-refractivity contribution in [2.24, 2.45) is 0 Å². The standard InChI is InChI=1S/C13H17NO3/c15-11-6-9-3-4-10(7-11)14(9)8-12(16)13-2-1-5-17-13/h1-2,5,9-11,15H,3-4,6-8H2. The Morgan fingerprint density at radius 3 is 2.71 bits per heavy atom. The van der Waals surface area contributed by atoms with Gasteiger partial charge in [0.2, 0.25) is 5.78 Å². The van der Waals surface area contributed by atoms with Crippen LogP contribution < -0.4 is 0 Å². The maximum Gasteiger partial charge on any atom is 0.211 e. The maximum absolute atomic E-state index is 12.0. The fourth-order valence-electron chi connectivity index (χ4n) is 3.18. The molecule has 1 N–H and O–H groups in total. The summed E-state index contributed by atoms with van der Waals surface area (Å²) in [5.41, 5.74) is 0. The van der Waals surface area contributed by atoms with Crippen LogP contribution in [0.4, 0.5) is 0 Å². The summed E-state index contributed by atoms with van der Waals surface area (Å²) < 4.78 is 5.12. The van der Waals surface area contributed by atoms with Gasteiger partial charge in [-0.2, -0.15) is 0 Å². The number of furan rings is 1. The van der Waals surface area contributed by atoms with Gasteiger partial charge in [0.1, 0.15) is 0 Å². The minimum atomic E-state index is -0.178. The summed E-state index contributed by atoms with van der Waals surface area (Å²) in [6.07, 6.45) is 5.17. The van der Waals surface area contributed by atoms with Gasteiger partial charge < -0.3 is 9.52 Å². The minimum absolute atomic E-state index is 0.0447. The first-order valence-electron chi connectivity index (χ1n) is 6.24. The molecular formula is C13H17NO3. The molecule has 2 aliphatic heterocycles. The molecule has 0 radical (unpaired) electrons. The lowest BCUT2D eigenvalue weighted by molar-refractivity contribution is 0.0337. The summed E-state index contributed by atoms with van der Waals surface area (Å²) >= 11 is 0. The number of aliphatic hydroxyl groups is 1. The second-order valence-electron chi connectivity index (χ2n) is 5.08. The monoisotopic (exact) mass is 235 g/mol. The van der Waals surface area contributed by atoms with Gasteiger partial charge in [0.25, 0.3) is 0 Å². The lowest BCUT2D eigenvalue weighted by atomic mass is 9.99. The third-order valence-electron chi connectivity index (χ3n) is 3.98. The summed E-state index contributed by atoms with van der Waals surface area (Å²) in [5.74, 6) is 0.485. The van der Waals surface area contributed by atoms with Crippen LogP contribution in [-0.4, -0.2) is 40.5 Å². The molecule has 92 valence electrons. The molecule has 2 fully saturated rings. The summed E-state index contributed by atoms with van der Waals surface area (Å²) in [7, 11) is 0. The topological polar surface area (TPSA) is 53.7 Å². The van der Waals surface area contributed by atoms with E-state index in [4.69, 9.17) is 4.42 Å². The summed E-state index contributed by atoms with van der Waals surface area (Å²) in [6.45, 7) is 0.426. The van der Waals surface area contributed by atoms with Crippen molar-refractivity contribution < 1.29 is 14.3 Å². The van der Waals surface area contributed by atoms with Crippen molar-refractivity contribution in [3.63, 3.8) is 0 Å². The van der Waals surface area contributed by atoms with E-state index in [-0.39, 0.29) is 11.9 Å². The predicted octanol–water partition coefficient (Wildman–Crippen LogP) is 1.45. The highest BCUT2D eigenvalue weighted by atomic mass is 16.3. The molecule has 0 spiro atoms. The molecule has 0 aromatic carbocycles. The molecule has 2 unspecified atom stereocenters. The predicted molar refractivity (Wildman–Crippen MR) is 61.8 cm³/mol. The number of aliphatic hydroxyl groups excluding tert-OH is 1. The number of piperidine rings is 1. The Morgan fingerprint density at radius 1 is 1.41 bits per heavy atom. The smallest absolute Gasteiger partial charge is 0.211 e. The third-order valence-corrected chi connectivity index (χ3v) is 3.98. The SMILES string of the molecule is O=C(CN1C2CCC1CC(O)C2)c1ccco1. The molecule has 0 amide bonds. The maximum atomic E-state index is 12.0. The van der Waals surface area contributed by atoms with Crippen LogP contribution in [0, 0.1) is 0 Å². The van der Waals surface area contributed by atoms with Gasteiger partial charge in [-0.05, 0) is 37.8 Å². The number of fused-ring (bicyclic) bond motifs is 2. The summed E-state index contributed by atoms with van der Waals surface area (Å²) in [4.78, 5) is 14.2. The van der Waals surface area contributed by atoms with Crippen LogP contribution in [0.2, 0.25) is 0 Å². The lowest BCUT2D eigenvalue weighted by Crippen LogP contribution is -2.46. The number of Topliss-reactive ketones (excluding diaryl/α,β-unsaturated/α-hetero) is 1. The van der Waals surface area contributed by atoms with E-state index in [1.165, 1.54) is 6.26 Å². The molecule has 2 atom stereocenters. The van der Waals surface area contributed by atoms with Crippen molar-refractivity contribution in [3.8, 4) is 0 Å². The third kappa shape index (κ3) is 2.03. The Bertz CT molecular complexity index is 387. The van der Waals surface area contributed by atoms with E-state index in [0.717, 1.165) is 25.7 Å². The molecule has 2 bridgehead atoms. The van der Waals surface area contributed by atoms with Crippen molar-refractivity contribution in [1.29, 1.82) is 0 Å². The normalized spacial score (nSPS) is 32.9. The van der Waals surface area contributed by atoms with Crippen LogP contribution in [0.15, 0.2) is 22.8 Å². The molecule has 2 saturated heterocycles. The van der Waals surface area contributed by atoms with Crippen molar-refractivity contribution >= 4 is 5.78 Å². The van der Waals surface area contributed by atoms with E-state index < -0.39 is 0 Å². The zero-order valence-electron chi connectivity index (χ0n) is 9.71. The van der Waals surface area contributed by atoms with E-state index >= 15 is 0 Å². The summed E-state index contributed by atoms with van der Waals surface area (Å²) in [6, 6.07) is 4.20. The number of carbonyl (C=O) groups is 1. The van der Waals surface area contributed by atoms with Crippen LogP contribution in [-0.2, 0) is 0 Å². The second-order valence-corrected chi connectivity index (χ2v) is 5.08. The first-order valence-corrected chi connectivity index (χ1v) is 6.24. The Morgan fingerprint density at radius 2 is 2.12 bits per heavy atom. The van der Waals surface area contributed by atoms with Gasteiger partial charge in [0, 0.05) is 12.1 Å².